The van der Waals surface area contributed by atoms with E-state index in [2.05, 4.69) is 34.5 Å². The van der Waals surface area contributed by atoms with Gasteiger partial charge in [0.05, 0.1) is 7.11 Å². The van der Waals surface area contributed by atoms with Gasteiger partial charge in [0.25, 0.3) is 0 Å². The number of unbranched alkanes of at least 4 members (excludes halogenated alkanes) is 1. The highest BCUT2D eigenvalue weighted by atomic mass is 127. The van der Waals surface area contributed by atoms with Crippen LogP contribution in [0.3, 0.4) is 0 Å². The van der Waals surface area contributed by atoms with Crippen LogP contribution in [0.15, 0.2) is 23.3 Å². The topological polar surface area (TPSA) is 58.5 Å². The van der Waals surface area contributed by atoms with E-state index in [1.165, 1.54) is 25.7 Å². The van der Waals surface area contributed by atoms with Crippen molar-refractivity contribution in [2.45, 2.75) is 46.1 Å². The molecule has 1 aromatic heterocycles. The number of ether oxygens (including phenoxy) is 1. The molecule has 0 spiro atoms. The van der Waals surface area contributed by atoms with Crippen molar-refractivity contribution < 1.29 is 4.74 Å². The molecule has 1 heterocycles. The molecule has 1 aromatic rings. The fraction of sp³-hybridized carbons (Fsp3) is 0.647. The molecule has 1 rings (SSSR count). The first kappa shape index (κ1) is 21.9. The van der Waals surface area contributed by atoms with Crippen LogP contribution in [0.25, 0.3) is 0 Å². The Hall–Kier alpha value is -1.05. The van der Waals surface area contributed by atoms with Gasteiger partial charge in [-0.25, -0.2) is 4.98 Å². The molecule has 0 saturated heterocycles. The first-order valence-electron chi connectivity index (χ1n) is 8.17. The average molecular weight is 434 g/mol. The number of hydrogen-bond acceptors (Lipinski definition) is 3. The number of rotatable bonds is 9. The number of hydrogen-bond donors (Lipinski definition) is 2. The predicted molar refractivity (Wildman–Crippen MR) is 108 cm³/mol. The average Bonchev–Trinajstić information content (AvgIpc) is 2.57. The Bertz CT molecular complexity index is 454. The van der Waals surface area contributed by atoms with Gasteiger partial charge in [0.1, 0.15) is 0 Å². The Balaban J connectivity index is 0.00000484. The van der Waals surface area contributed by atoms with E-state index >= 15 is 0 Å². The quantitative estimate of drug-likeness (QED) is 0.354. The van der Waals surface area contributed by atoms with Gasteiger partial charge in [-0.1, -0.05) is 39.2 Å². The van der Waals surface area contributed by atoms with Gasteiger partial charge in [-0.05, 0) is 18.4 Å². The molecule has 0 aliphatic rings. The molecule has 0 amide bonds. The first-order chi connectivity index (χ1) is 10.7. The van der Waals surface area contributed by atoms with E-state index < -0.39 is 0 Å². The van der Waals surface area contributed by atoms with Gasteiger partial charge in [-0.15, -0.1) is 24.0 Å². The van der Waals surface area contributed by atoms with E-state index in [1.54, 1.807) is 20.4 Å². The number of aromatic nitrogens is 1. The Labute approximate surface area is 157 Å². The first-order valence-corrected chi connectivity index (χ1v) is 8.17. The normalized spacial score (nSPS) is 12.3. The standard InChI is InChI=1S/C17H30N4O.HI/c1-5-7-9-14(6-2)12-20-17(18-3)21-13-15-10-8-11-19-16(15)22-4;/h8,10-11,14H,5-7,9,12-13H2,1-4H3,(H2,18,20,21);1H. The molecule has 2 N–H and O–H groups in total. The number of pyridine rings is 1. The van der Waals surface area contributed by atoms with Gasteiger partial charge in [-0.3, -0.25) is 4.99 Å². The highest BCUT2D eigenvalue weighted by Gasteiger charge is 2.08. The minimum Gasteiger partial charge on any atom is -0.481 e. The van der Waals surface area contributed by atoms with Crippen molar-refractivity contribution in [3.63, 3.8) is 0 Å². The second-order valence-electron chi connectivity index (χ2n) is 5.39. The Kier molecular flexibility index (Phi) is 12.8. The number of nitrogens with zero attached hydrogens (tertiary/aromatic N) is 2. The summed E-state index contributed by atoms with van der Waals surface area (Å²) >= 11 is 0. The van der Waals surface area contributed by atoms with Crippen LogP contribution in [0.4, 0.5) is 0 Å². The van der Waals surface area contributed by atoms with E-state index in [-0.39, 0.29) is 24.0 Å². The molecule has 1 unspecified atom stereocenters. The van der Waals surface area contributed by atoms with Crippen LogP contribution in [0.1, 0.15) is 45.1 Å². The molecule has 0 fully saturated rings. The monoisotopic (exact) mass is 434 g/mol. The molecular weight excluding hydrogens is 403 g/mol. The van der Waals surface area contributed by atoms with Crippen molar-refractivity contribution in [1.29, 1.82) is 0 Å². The number of aliphatic imine (C=N–C) groups is 1. The van der Waals surface area contributed by atoms with Gasteiger partial charge in [0, 0.05) is 31.9 Å². The van der Waals surface area contributed by atoms with Crippen LogP contribution in [0, 0.1) is 5.92 Å². The van der Waals surface area contributed by atoms with E-state index in [9.17, 15) is 0 Å². The maximum atomic E-state index is 5.26. The molecule has 132 valence electrons. The van der Waals surface area contributed by atoms with Gasteiger partial charge >= 0.3 is 0 Å². The second kappa shape index (κ2) is 13.4. The molecule has 0 radical (unpaired) electrons. The Morgan fingerprint density at radius 3 is 2.74 bits per heavy atom. The number of methoxy groups -OCH3 is 1. The molecule has 0 aliphatic heterocycles. The largest absolute Gasteiger partial charge is 0.481 e. The fourth-order valence-electron chi connectivity index (χ4n) is 2.33. The zero-order valence-electron chi connectivity index (χ0n) is 14.8. The summed E-state index contributed by atoms with van der Waals surface area (Å²) in [4.78, 5) is 8.48. The lowest BCUT2D eigenvalue weighted by Crippen LogP contribution is -2.39. The van der Waals surface area contributed by atoms with Crippen LogP contribution in [-0.4, -0.2) is 31.6 Å². The summed E-state index contributed by atoms with van der Waals surface area (Å²) in [5.74, 6) is 2.17. The molecule has 0 bridgehead atoms. The highest BCUT2D eigenvalue weighted by Crippen LogP contribution is 2.13. The molecule has 6 heteroatoms. The molecule has 0 saturated carbocycles. The molecular formula is C17H31IN4O. The third-order valence-electron chi connectivity index (χ3n) is 3.81. The van der Waals surface area contributed by atoms with Crippen LogP contribution in [0.2, 0.25) is 0 Å². The summed E-state index contributed by atoms with van der Waals surface area (Å²) < 4.78 is 5.26. The van der Waals surface area contributed by atoms with Crippen LogP contribution >= 0.6 is 24.0 Å². The summed E-state index contributed by atoms with van der Waals surface area (Å²) in [5, 5.41) is 6.73. The summed E-state index contributed by atoms with van der Waals surface area (Å²) in [5.41, 5.74) is 1.02. The van der Waals surface area contributed by atoms with Crippen molar-refractivity contribution in [3.05, 3.63) is 23.9 Å². The summed E-state index contributed by atoms with van der Waals surface area (Å²) in [6, 6.07) is 3.91. The molecule has 0 aliphatic carbocycles. The van der Waals surface area contributed by atoms with Gasteiger partial charge < -0.3 is 15.4 Å². The summed E-state index contributed by atoms with van der Waals surface area (Å²) in [7, 11) is 3.43. The van der Waals surface area contributed by atoms with Crippen molar-refractivity contribution in [3.8, 4) is 5.88 Å². The predicted octanol–water partition coefficient (Wildman–Crippen LogP) is 3.59. The van der Waals surface area contributed by atoms with E-state index in [1.807, 2.05) is 12.1 Å². The molecule has 23 heavy (non-hydrogen) atoms. The van der Waals surface area contributed by atoms with Gasteiger partial charge in [-0.2, -0.15) is 0 Å². The van der Waals surface area contributed by atoms with Crippen LogP contribution < -0.4 is 15.4 Å². The fourth-order valence-corrected chi connectivity index (χ4v) is 2.33. The van der Waals surface area contributed by atoms with Gasteiger partial charge in [0.15, 0.2) is 5.96 Å². The van der Waals surface area contributed by atoms with Crippen molar-refractivity contribution in [2.24, 2.45) is 10.9 Å². The lowest BCUT2D eigenvalue weighted by Gasteiger charge is -2.18. The number of halogens is 1. The SMILES string of the molecule is CCCCC(CC)CNC(=NC)NCc1cccnc1OC.I. The van der Waals surface area contributed by atoms with Crippen LogP contribution in [0.5, 0.6) is 5.88 Å². The third kappa shape index (κ3) is 8.39. The van der Waals surface area contributed by atoms with E-state index in [4.69, 9.17) is 4.74 Å². The third-order valence-corrected chi connectivity index (χ3v) is 3.81. The number of nitrogens with one attached hydrogen (secondary N) is 2. The summed E-state index contributed by atoms with van der Waals surface area (Å²) in [6.07, 6.45) is 6.74. The smallest absolute Gasteiger partial charge is 0.218 e. The van der Waals surface area contributed by atoms with E-state index in [0.29, 0.717) is 18.3 Å². The lowest BCUT2D eigenvalue weighted by molar-refractivity contribution is 0.391. The Morgan fingerprint density at radius 2 is 2.13 bits per heavy atom. The maximum absolute atomic E-state index is 5.26. The van der Waals surface area contributed by atoms with Crippen molar-refractivity contribution >= 4 is 29.9 Å². The Morgan fingerprint density at radius 1 is 1.35 bits per heavy atom. The zero-order valence-corrected chi connectivity index (χ0v) is 17.1. The molecule has 5 nitrogen and oxygen atoms in total. The minimum absolute atomic E-state index is 0. The van der Waals surface area contributed by atoms with Crippen molar-refractivity contribution in [2.75, 3.05) is 20.7 Å². The summed E-state index contributed by atoms with van der Waals surface area (Å²) in [6.45, 7) is 6.09. The van der Waals surface area contributed by atoms with Crippen LogP contribution in [-0.2, 0) is 6.54 Å². The minimum atomic E-state index is 0. The molecule has 1 atom stereocenters. The maximum Gasteiger partial charge on any atom is 0.218 e. The van der Waals surface area contributed by atoms with E-state index in [0.717, 1.165) is 18.1 Å². The second-order valence-corrected chi connectivity index (χ2v) is 5.39. The lowest BCUT2D eigenvalue weighted by atomic mass is 9.99. The molecule has 0 aromatic carbocycles. The van der Waals surface area contributed by atoms with Gasteiger partial charge in [0.2, 0.25) is 5.88 Å². The number of guanidine groups is 1. The highest BCUT2D eigenvalue weighted by molar-refractivity contribution is 14.0. The van der Waals surface area contributed by atoms with Crippen molar-refractivity contribution in [1.82, 2.24) is 15.6 Å². The zero-order chi connectivity index (χ0) is 16.2.